The van der Waals surface area contributed by atoms with Crippen molar-refractivity contribution in [3.8, 4) is 5.75 Å². The van der Waals surface area contributed by atoms with Gasteiger partial charge in [-0.3, -0.25) is 14.6 Å². The summed E-state index contributed by atoms with van der Waals surface area (Å²) in [6.45, 7) is 4.13. The summed E-state index contributed by atoms with van der Waals surface area (Å²) in [6, 6.07) is 13.1. The number of benzene rings is 1. The van der Waals surface area contributed by atoms with Crippen LogP contribution in [0.2, 0.25) is 0 Å². The number of ketones is 1. The maximum Gasteiger partial charge on any atom is 0.296 e. The predicted octanol–water partition coefficient (Wildman–Crippen LogP) is 4.43. The number of aliphatic hydroxyl groups is 1. The fourth-order valence-electron chi connectivity index (χ4n) is 3.94. The van der Waals surface area contributed by atoms with E-state index in [4.69, 9.17) is 9.15 Å². The van der Waals surface area contributed by atoms with Gasteiger partial charge in [0.1, 0.15) is 23.3 Å². The second-order valence-electron chi connectivity index (χ2n) is 7.87. The van der Waals surface area contributed by atoms with Gasteiger partial charge in [0.2, 0.25) is 0 Å². The molecule has 0 spiro atoms. The normalized spacial score (nSPS) is 17.9. The first-order chi connectivity index (χ1) is 15.4. The first kappa shape index (κ1) is 21.4. The van der Waals surface area contributed by atoms with Crippen molar-refractivity contribution >= 4 is 17.4 Å². The average molecular weight is 432 g/mol. The Kier molecular flexibility index (Phi) is 5.81. The van der Waals surface area contributed by atoms with E-state index in [9.17, 15) is 14.7 Å². The maximum absolute atomic E-state index is 13.1. The van der Waals surface area contributed by atoms with Crippen LogP contribution < -0.4 is 4.74 Å². The number of furan rings is 1. The summed E-state index contributed by atoms with van der Waals surface area (Å²) in [5, 5.41) is 11.2. The van der Waals surface area contributed by atoms with Gasteiger partial charge in [-0.15, -0.1) is 0 Å². The number of Topliss-reactive ketones (excluding diaryl/α,β-unsaturated/α-hetero) is 1. The van der Waals surface area contributed by atoms with Gasteiger partial charge in [-0.1, -0.05) is 19.9 Å². The molecule has 7 heteroatoms. The number of amides is 1. The monoisotopic (exact) mass is 432 g/mol. The Labute approximate surface area is 186 Å². The molecule has 0 aliphatic carbocycles. The maximum atomic E-state index is 13.1. The number of carbonyl (C=O) groups is 2. The number of pyridine rings is 1. The number of aromatic nitrogens is 1. The van der Waals surface area contributed by atoms with Gasteiger partial charge in [0, 0.05) is 11.8 Å². The molecule has 3 aromatic rings. The second-order valence-corrected chi connectivity index (χ2v) is 7.87. The van der Waals surface area contributed by atoms with Crippen LogP contribution in [0.15, 0.2) is 71.0 Å². The molecular formula is C25H24N2O5. The first-order valence-electron chi connectivity index (χ1n) is 10.3. The van der Waals surface area contributed by atoms with Crippen LogP contribution in [-0.2, 0) is 16.1 Å². The van der Waals surface area contributed by atoms with E-state index in [2.05, 4.69) is 4.98 Å². The van der Waals surface area contributed by atoms with Crippen LogP contribution in [0.5, 0.6) is 5.75 Å². The summed E-state index contributed by atoms with van der Waals surface area (Å²) in [5.41, 5.74) is 1.92. The lowest BCUT2D eigenvalue weighted by Crippen LogP contribution is -2.29. The minimum atomic E-state index is -0.864. The predicted molar refractivity (Wildman–Crippen MR) is 118 cm³/mol. The lowest BCUT2D eigenvalue weighted by atomic mass is 9.95. The van der Waals surface area contributed by atoms with Gasteiger partial charge in [-0.05, 0) is 53.9 Å². The number of rotatable bonds is 6. The highest BCUT2D eigenvalue weighted by Crippen LogP contribution is 2.41. The summed E-state index contributed by atoms with van der Waals surface area (Å²) < 4.78 is 11.0. The molecule has 2 aromatic heterocycles. The Morgan fingerprint density at radius 1 is 1.19 bits per heavy atom. The molecule has 0 radical (unpaired) electrons. The van der Waals surface area contributed by atoms with E-state index in [0.29, 0.717) is 22.8 Å². The third kappa shape index (κ3) is 3.77. The third-order valence-corrected chi connectivity index (χ3v) is 5.54. The molecule has 4 rings (SSSR count). The molecule has 1 amide bonds. The smallest absolute Gasteiger partial charge is 0.296 e. The van der Waals surface area contributed by atoms with Crippen LogP contribution in [-0.4, -0.2) is 33.8 Å². The SMILES string of the molecule is COc1ccc(/C(O)=C2/C(=O)C(=O)N(Cc3ccccn3)C2c2ccco2)cc1C(C)C. The molecule has 1 N–H and O–H groups in total. The van der Waals surface area contributed by atoms with E-state index in [0.717, 1.165) is 5.56 Å². The molecule has 32 heavy (non-hydrogen) atoms. The van der Waals surface area contributed by atoms with Crippen LogP contribution in [0.3, 0.4) is 0 Å². The Bertz CT molecular complexity index is 1170. The van der Waals surface area contributed by atoms with Gasteiger partial charge in [-0.2, -0.15) is 0 Å². The van der Waals surface area contributed by atoms with Crippen molar-refractivity contribution in [2.45, 2.75) is 32.4 Å². The molecule has 1 aliphatic rings. The molecule has 1 saturated heterocycles. The van der Waals surface area contributed by atoms with E-state index < -0.39 is 17.7 Å². The summed E-state index contributed by atoms with van der Waals surface area (Å²) in [6.07, 6.45) is 3.10. The van der Waals surface area contributed by atoms with E-state index in [1.807, 2.05) is 19.9 Å². The molecule has 3 heterocycles. The highest BCUT2D eigenvalue weighted by atomic mass is 16.5. The third-order valence-electron chi connectivity index (χ3n) is 5.54. The second kappa shape index (κ2) is 8.70. The number of aliphatic hydroxyl groups excluding tert-OH is 1. The van der Waals surface area contributed by atoms with E-state index in [1.165, 1.54) is 11.2 Å². The molecule has 1 atom stereocenters. The number of hydrogen-bond donors (Lipinski definition) is 1. The molecular weight excluding hydrogens is 408 g/mol. The largest absolute Gasteiger partial charge is 0.507 e. The topological polar surface area (TPSA) is 92.9 Å². The quantitative estimate of drug-likeness (QED) is 0.352. The van der Waals surface area contributed by atoms with E-state index >= 15 is 0 Å². The van der Waals surface area contributed by atoms with Crippen molar-refractivity contribution < 1.29 is 23.8 Å². The standard InChI is InChI=1S/C25H24N2O5/c1-15(2)18-13-16(9-10-19(18)31-3)23(28)21-22(20-8-6-12-32-20)27(25(30)24(21)29)14-17-7-4-5-11-26-17/h4-13,15,22,28H,14H2,1-3H3/b23-21-. The van der Waals surface area contributed by atoms with E-state index in [1.54, 1.807) is 55.8 Å². The van der Waals surface area contributed by atoms with Crippen LogP contribution >= 0.6 is 0 Å². The zero-order valence-electron chi connectivity index (χ0n) is 18.1. The Hall–Kier alpha value is -3.87. The first-order valence-corrected chi connectivity index (χ1v) is 10.3. The lowest BCUT2D eigenvalue weighted by Gasteiger charge is -2.23. The number of likely N-dealkylation sites (tertiary alicyclic amines) is 1. The van der Waals surface area contributed by atoms with Crippen molar-refractivity contribution in [2.24, 2.45) is 0 Å². The van der Waals surface area contributed by atoms with Crippen LogP contribution in [0.4, 0.5) is 0 Å². The zero-order chi connectivity index (χ0) is 22.8. The van der Waals surface area contributed by atoms with Gasteiger partial charge < -0.3 is 19.2 Å². The van der Waals surface area contributed by atoms with Gasteiger partial charge >= 0.3 is 0 Å². The Morgan fingerprint density at radius 3 is 2.62 bits per heavy atom. The van der Waals surface area contributed by atoms with Crippen LogP contribution in [0.25, 0.3) is 5.76 Å². The number of carbonyl (C=O) groups excluding carboxylic acids is 2. The number of ether oxygens (including phenoxy) is 1. The molecule has 1 unspecified atom stereocenters. The number of methoxy groups -OCH3 is 1. The fraction of sp³-hybridized carbons (Fsp3) is 0.240. The van der Waals surface area contributed by atoms with Crippen molar-refractivity contribution in [3.63, 3.8) is 0 Å². The molecule has 1 fully saturated rings. The Balaban J connectivity index is 1.84. The van der Waals surface area contributed by atoms with Gasteiger partial charge in [0.05, 0.1) is 31.2 Å². The summed E-state index contributed by atoms with van der Waals surface area (Å²) in [5.74, 6) is -0.519. The number of nitrogens with zero attached hydrogens (tertiary/aromatic N) is 2. The van der Waals surface area contributed by atoms with Crippen molar-refractivity contribution in [1.82, 2.24) is 9.88 Å². The van der Waals surface area contributed by atoms with Gasteiger partial charge in [0.15, 0.2) is 0 Å². The molecule has 7 nitrogen and oxygen atoms in total. The van der Waals surface area contributed by atoms with Crippen molar-refractivity contribution in [1.29, 1.82) is 0 Å². The molecule has 1 aromatic carbocycles. The van der Waals surface area contributed by atoms with Gasteiger partial charge in [0.25, 0.3) is 11.7 Å². The van der Waals surface area contributed by atoms with Gasteiger partial charge in [-0.25, -0.2) is 0 Å². The summed E-state index contributed by atoms with van der Waals surface area (Å²) in [4.78, 5) is 31.7. The molecule has 164 valence electrons. The molecule has 0 bridgehead atoms. The van der Waals surface area contributed by atoms with Crippen molar-refractivity contribution in [2.75, 3.05) is 7.11 Å². The fourth-order valence-corrected chi connectivity index (χ4v) is 3.94. The minimum absolute atomic E-state index is 0.0132. The lowest BCUT2D eigenvalue weighted by molar-refractivity contribution is -0.140. The molecule has 0 saturated carbocycles. The summed E-state index contributed by atoms with van der Waals surface area (Å²) >= 11 is 0. The minimum Gasteiger partial charge on any atom is -0.507 e. The zero-order valence-corrected chi connectivity index (χ0v) is 18.1. The van der Waals surface area contributed by atoms with Crippen molar-refractivity contribution in [3.05, 3.63) is 89.1 Å². The highest BCUT2D eigenvalue weighted by Gasteiger charge is 2.47. The highest BCUT2D eigenvalue weighted by molar-refractivity contribution is 6.46. The van der Waals surface area contributed by atoms with Crippen LogP contribution in [0, 0.1) is 0 Å². The number of hydrogen-bond acceptors (Lipinski definition) is 6. The van der Waals surface area contributed by atoms with Crippen LogP contribution in [0.1, 0.15) is 48.4 Å². The Morgan fingerprint density at radius 2 is 2.00 bits per heavy atom. The molecule has 1 aliphatic heterocycles. The van der Waals surface area contributed by atoms with E-state index in [-0.39, 0.29) is 23.8 Å². The average Bonchev–Trinajstić information content (AvgIpc) is 3.41. The summed E-state index contributed by atoms with van der Waals surface area (Å²) in [7, 11) is 1.58.